The zero-order valence-electron chi connectivity index (χ0n) is 6.70. The van der Waals surface area contributed by atoms with E-state index >= 15 is 0 Å². The monoisotopic (exact) mass is 254 g/mol. The number of pyridine rings is 1. The van der Waals surface area contributed by atoms with Gasteiger partial charge >= 0.3 is 0 Å². The van der Waals surface area contributed by atoms with Gasteiger partial charge in [0.2, 0.25) is 0 Å². The van der Waals surface area contributed by atoms with Gasteiger partial charge in [0.1, 0.15) is 0 Å². The number of halogens is 1. The Labute approximate surface area is 88.6 Å². The molecule has 13 heavy (non-hydrogen) atoms. The summed E-state index contributed by atoms with van der Waals surface area (Å²) in [5.74, 6) is 0. The highest BCUT2D eigenvalue weighted by molar-refractivity contribution is 9.10. The highest BCUT2D eigenvalue weighted by atomic mass is 79.9. The molecule has 0 bridgehead atoms. The molecule has 0 unspecified atom stereocenters. The SMILES string of the molecule is Nc1ccncc1-c1cscc1Br. The minimum absolute atomic E-state index is 0.758. The fourth-order valence-electron chi connectivity index (χ4n) is 1.10. The Bertz CT molecular complexity index is 425. The van der Waals surface area contributed by atoms with Crippen molar-refractivity contribution in [3.63, 3.8) is 0 Å². The van der Waals surface area contributed by atoms with Crippen LogP contribution in [0.5, 0.6) is 0 Å². The van der Waals surface area contributed by atoms with Crippen LogP contribution in [0.3, 0.4) is 0 Å². The molecule has 2 heterocycles. The van der Waals surface area contributed by atoms with E-state index in [2.05, 4.69) is 26.3 Å². The number of nitrogens with zero attached hydrogens (tertiary/aromatic N) is 1. The van der Waals surface area contributed by atoms with Gasteiger partial charge in [0.05, 0.1) is 0 Å². The first-order valence-corrected chi connectivity index (χ1v) is 5.44. The Balaban J connectivity index is 2.59. The molecule has 0 radical (unpaired) electrons. The van der Waals surface area contributed by atoms with Crippen molar-refractivity contribution in [2.45, 2.75) is 0 Å². The van der Waals surface area contributed by atoms with E-state index < -0.39 is 0 Å². The molecule has 0 spiro atoms. The second kappa shape index (κ2) is 3.47. The molecule has 0 atom stereocenters. The number of nitrogen functional groups attached to an aromatic ring is 1. The summed E-state index contributed by atoms with van der Waals surface area (Å²) in [4.78, 5) is 4.05. The van der Waals surface area contributed by atoms with Gasteiger partial charge < -0.3 is 5.73 Å². The summed E-state index contributed by atoms with van der Waals surface area (Å²) in [6.45, 7) is 0. The van der Waals surface area contributed by atoms with Crippen LogP contribution < -0.4 is 5.73 Å². The minimum atomic E-state index is 0.758. The number of thiophene rings is 1. The van der Waals surface area contributed by atoms with Crippen molar-refractivity contribution < 1.29 is 0 Å². The summed E-state index contributed by atoms with van der Waals surface area (Å²) in [5.41, 5.74) is 8.67. The third-order valence-electron chi connectivity index (χ3n) is 1.76. The van der Waals surface area contributed by atoms with E-state index in [0.29, 0.717) is 0 Å². The molecular formula is C9H7BrN2S. The highest BCUT2D eigenvalue weighted by Gasteiger charge is 2.06. The summed E-state index contributed by atoms with van der Waals surface area (Å²) in [6.07, 6.45) is 3.47. The Morgan fingerprint density at radius 2 is 2.15 bits per heavy atom. The average molecular weight is 255 g/mol. The van der Waals surface area contributed by atoms with Crippen LogP contribution in [-0.2, 0) is 0 Å². The van der Waals surface area contributed by atoms with Crippen molar-refractivity contribution >= 4 is 33.0 Å². The molecule has 0 saturated carbocycles. The molecule has 2 nitrogen and oxygen atoms in total. The molecule has 0 aliphatic rings. The predicted molar refractivity (Wildman–Crippen MR) is 59.7 cm³/mol. The lowest BCUT2D eigenvalue weighted by molar-refractivity contribution is 1.33. The maximum absolute atomic E-state index is 5.82. The van der Waals surface area contributed by atoms with Gasteiger partial charge in [-0.25, -0.2) is 0 Å². The standard InChI is InChI=1S/C9H7BrN2S/c10-8-5-13-4-7(8)6-3-12-2-1-9(6)11/h1-5H,(H2,11,12). The van der Waals surface area contributed by atoms with Crippen molar-refractivity contribution in [3.8, 4) is 11.1 Å². The van der Waals surface area contributed by atoms with Crippen molar-refractivity contribution in [2.24, 2.45) is 0 Å². The number of nitrogens with two attached hydrogens (primary N) is 1. The number of aromatic nitrogens is 1. The first-order valence-electron chi connectivity index (χ1n) is 3.70. The van der Waals surface area contributed by atoms with Gasteiger partial charge in [-0.3, -0.25) is 4.98 Å². The number of anilines is 1. The summed E-state index contributed by atoms with van der Waals surface area (Å²) >= 11 is 5.10. The van der Waals surface area contributed by atoms with Crippen LogP contribution >= 0.6 is 27.3 Å². The first kappa shape index (κ1) is 8.72. The Hall–Kier alpha value is -0.870. The highest BCUT2D eigenvalue weighted by Crippen LogP contribution is 2.34. The van der Waals surface area contributed by atoms with Gasteiger partial charge in [-0.05, 0) is 27.4 Å². The average Bonchev–Trinajstić information content (AvgIpc) is 2.52. The van der Waals surface area contributed by atoms with E-state index in [9.17, 15) is 0 Å². The lowest BCUT2D eigenvalue weighted by Crippen LogP contribution is -1.89. The predicted octanol–water partition coefficient (Wildman–Crippen LogP) is 3.15. The summed E-state index contributed by atoms with van der Waals surface area (Å²) in [7, 11) is 0. The Kier molecular flexibility index (Phi) is 2.33. The molecule has 2 aromatic rings. The lowest BCUT2D eigenvalue weighted by Gasteiger charge is -2.02. The molecule has 0 amide bonds. The van der Waals surface area contributed by atoms with Crippen LogP contribution in [0, 0.1) is 0 Å². The van der Waals surface area contributed by atoms with Crippen LogP contribution in [0.4, 0.5) is 5.69 Å². The van der Waals surface area contributed by atoms with Crippen LogP contribution in [-0.4, -0.2) is 4.98 Å². The maximum atomic E-state index is 5.82. The van der Waals surface area contributed by atoms with Gasteiger partial charge in [-0.1, -0.05) is 0 Å². The van der Waals surface area contributed by atoms with E-state index in [1.165, 1.54) is 0 Å². The molecule has 0 aliphatic carbocycles. The largest absolute Gasteiger partial charge is 0.398 e. The summed E-state index contributed by atoms with van der Waals surface area (Å²) < 4.78 is 1.07. The van der Waals surface area contributed by atoms with Gasteiger partial charge in [-0.15, -0.1) is 0 Å². The Morgan fingerprint density at radius 3 is 2.77 bits per heavy atom. The zero-order chi connectivity index (χ0) is 9.26. The zero-order valence-corrected chi connectivity index (χ0v) is 9.10. The molecule has 2 rings (SSSR count). The lowest BCUT2D eigenvalue weighted by atomic mass is 10.1. The normalized spacial score (nSPS) is 10.2. The van der Waals surface area contributed by atoms with Crippen LogP contribution in [0.25, 0.3) is 11.1 Å². The molecule has 0 fully saturated rings. The first-order chi connectivity index (χ1) is 6.29. The van der Waals surface area contributed by atoms with Gasteiger partial charge in [0.25, 0.3) is 0 Å². The van der Waals surface area contributed by atoms with Crippen LogP contribution in [0.15, 0.2) is 33.7 Å². The minimum Gasteiger partial charge on any atom is -0.398 e. The number of rotatable bonds is 1. The third kappa shape index (κ3) is 1.59. The topological polar surface area (TPSA) is 38.9 Å². The van der Waals surface area contributed by atoms with Crippen molar-refractivity contribution in [3.05, 3.63) is 33.7 Å². The van der Waals surface area contributed by atoms with E-state index in [-0.39, 0.29) is 0 Å². The second-order valence-electron chi connectivity index (χ2n) is 2.60. The van der Waals surface area contributed by atoms with Crippen molar-refractivity contribution in [1.29, 1.82) is 0 Å². The molecular weight excluding hydrogens is 248 g/mol. The van der Waals surface area contributed by atoms with Crippen LogP contribution in [0.1, 0.15) is 0 Å². The van der Waals surface area contributed by atoms with E-state index in [1.807, 2.05) is 5.38 Å². The molecule has 0 aromatic carbocycles. The van der Waals surface area contributed by atoms with E-state index in [0.717, 1.165) is 21.3 Å². The van der Waals surface area contributed by atoms with Gasteiger partial charge in [-0.2, -0.15) is 11.3 Å². The summed E-state index contributed by atoms with van der Waals surface area (Å²) in [6, 6.07) is 1.80. The fraction of sp³-hybridized carbons (Fsp3) is 0. The van der Waals surface area contributed by atoms with Crippen molar-refractivity contribution in [1.82, 2.24) is 4.98 Å². The molecule has 0 saturated heterocycles. The molecule has 66 valence electrons. The molecule has 4 heteroatoms. The Morgan fingerprint density at radius 1 is 1.31 bits per heavy atom. The second-order valence-corrected chi connectivity index (χ2v) is 4.19. The number of hydrogen-bond acceptors (Lipinski definition) is 3. The van der Waals surface area contributed by atoms with Gasteiger partial charge in [0.15, 0.2) is 0 Å². The smallest absolute Gasteiger partial charge is 0.0425 e. The third-order valence-corrected chi connectivity index (χ3v) is 3.46. The van der Waals surface area contributed by atoms with Gasteiger partial charge in [0, 0.05) is 39.1 Å². The van der Waals surface area contributed by atoms with E-state index in [1.54, 1.807) is 29.8 Å². The number of hydrogen-bond donors (Lipinski definition) is 1. The summed E-state index contributed by atoms with van der Waals surface area (Å²) in [5, 5.41) is 4.08. The van der Waals surface area contributed by atoms with Crippen LogP contribution in [0.2, 0.25) is 0 Å². The molecule has 2 N–H and O–H groups in total. The van der Waals surface area contributed by atoms with E-state index in [4.69, 9.17) is 5.73 Å². The fourth-order valence-corrected chi connectivity index (χ4v) is 2.61. The maximum Gasteiger partial charge on any atom is 0.0425 e. The molecule has 0 aliphatic heterocycles. The van der Waals surface area contributed by atoms with Crippen molar-refractivity contribution in [2.75, 3.05) is 5.73 Å². The quantitative estimate of drug-likeness (QED) is 0.850. The molecule has 2 aromatic heterocycles.